The zero-order chi connectivity index (χ0) is 10.1. The fourth-order valence-corrected chi connectivity index (χ4v) is 1.76. The van der Waals surface area contributed by atoms with Crippen molar-refractivity contribution < 1.29 is 4.74 Å². The molecular weight excluding hydrogens is 202 g/mol. The molecule has 78 valence electrons. The minimum atomic E-state index is 0.406. The monoisotopic (exact) mass is 215 g/mol. The van der Waals surface area contributed by atoms with Crippen LogP contribution in [-0.4, -0.2) is 29.0 Å². The number of methoxy groups -OCH3 is 1. The SMILES string of the molecule is COC1CC(Nc2cnn(C)c2Cl)C1. The maximum absolute atomic E-state index is 6.01. The van der Waals surface area contributed by atoms with Crippen LogP contribution in [-0.2, 0) is 11.8 Å². The van der Waals surface area contributed by atoms with E-state index in [0.29, 0.717) is 17.3 Å². The molecular formula is C9H14ClN3O. The van der Waals surface area contributed by atoms with Crippen molar-refractivity contribution in [2.75, 3.05) is 12.4 Å². The highest BCUT2D eigenvalue weighted by atomic mass is 35.5. The summed E-state index contributed by atoms with van der Waals surface area (Å²) in [6.45, 7) is 0. The molecule has 1 aromatic heterocycles. The van der Waals surface area contributed by atoms with E-state index in [2.05, 4.69) is 10.4 Å². The van der Waals surface area contributed by atoms with Gasteiger partial charge in [0.05, 0.1) is 18.0 Å². The summed E-state index contributed by atoms with van der Waals surface area (Å²) in [4.78, 5) is 0. The van der Waals surface area contributed by atoms with Crippen LogP contribution in [0.25, 0.3) is 0 Å². The van der Waals surface area contributed by atoms with Crippen molar-refractivity contribution in [3.8, 4) is 0 Å². The zero-order valence-corrected chi connectivity index (χ0v) is 9.08. The standard InChI is InChI=1S/C9H14ClN3O/c1-13-9(10)8(5-11-13)12-6-3-7(4-6)14-2/h5-7,12H,3-4H2,1-2H3. The lowest BCUT2D eigenvalue weighted by Gasteiger charge is -2.34. The Morgan fingerprint density at radius 3 is 2.86 bits per heavy atom. The molecule has 1 saturated carbocycles. The third-order valence-corrected chi connectivity index (χ3v) is 3.10. The van der Waals surface area contributed by atoms with Gasteiger partial charge >= 0.3 is 0 Å². The van der Waals surface area contributed by atoms with Gasteiger partial charge in [0.25, 0.3) is 0 Å². The number of aryl methyl sites for hydroxylation is 1. The van der Waals surface area contributed by atoms with Crippen molar-refractivity contribution >= 4 is 17.3 Å². The van der Waals surface area contributed by atoms with Crippen molar-refractivity contribution in [3.05, 3.63) is 11.3 Å². The Kier molecular flexibility index (Phi) is 2.65. The summed E-state index contributed by atoms with van der Waals surface area (Å²) in [5, 5.41) is 8.05. The van der Waals surface area contributed by atoms with Gasteiger partial charge in [-0.1, -0.05) is 11.6 Å². The lowest BCUT2D eigenvalue weighted by atomic mass is 9.89. The maximum Gasteiger partial charge on any atom is 0.149 e. The summed E-state index contributed by atoms with van der Waals surface area (Å²) in [6, 6.07) is 0.474. The number of nitrogens with zero attached hydrogens (tertiary/aromatic N) is 2. The van der Waals surface area contributed by atoms with Crippen LogP contribution in [0.5, 0.6) is 0 Å². The predicted molar refractivity (Wildman–Crippen MR) is 55.7 cm³/mol. The molecule has 1 fully saturated rings. The average Bonchev–Trinajstić information content (AvgIpc) is 2.41. The minimum absolute atomic E-state index is 0.406. The van der Waals surface area contributed by atoms with Crippen molar-refractivity contribution in [2.24, 2.45) is 7.05 Å². The number of hydrogen-bond donors (Lipinski definition) is 1. The molecule has 0 spiro atoms. The van der Waals surface area contributed by atoms with Gasteiger partial charge in [-0.05, 0) is 12.8 Å². The summed E-state index contributed by atoms with van der Waals surface area (Å²) < 4.78 is 6.84. The fraction of sp³-hybridized carbons (Fsp3) is 0.667. The maximum atomic E-state index is 6.01. The number of halogens is 1. The van der Waals surface area contributed by atoms with Crippen molar-refractivity contribution in [1.82, 2.24) is 9.78 Å². The smallest absolute Gasteiger partial charge is 0.149 e. The van der Waals surface area contributed by atoms with Crippen LogP contribution in [0, 0.1) is 0 Å². The Morgan fingerprint density at radius 2 is 2.36 bits per heavy atom. The topological polar surface area (TPSA) is 39.1 Å². The van der Waals surface area contributed by atoms with Gasteiger partial charge in [0.2, 0.25) is 0 Å². The highest BCUT2D eigenvalue weighted by Crippen LogP contribution is 2.29. The molecule has 0 aromatic carbocycles. The fourth-order valence-electron chi connectivity index (χ4n) is 1.62. The highest BCUT2D eigenvalue weighted by molar-refractivity contribution is 6.32. The lowest BCUT2D eigenvalue weighted by molar-refractivity contribution is 0.0329. The molecule has 0 atom stereocenters. The van der Waals surface area contributed by atoms with Gasteiger partial charge in [0.15, 0.2) is 0 Å². The van der Waals surface area contributed by atoms with Gasteiger partial charge in [-0.2, -0.15) is 5.10 Å². The molecule has 0 unspecified atom stereocenters. The van der Waals surface area contributed by atoms with E-state index in [9.17, 15) is 0 Å². The molecule has 4 nitrogen and oxygen atoms in total. The number of rotatable bonds is 3. The highest BCUT2D eigenvalue weighted by Gasteiger charge is 2.29. The predicted octanol–water partition coefficient (Wildman–Crippen LogP) is 1.66. The molecule has 1 heterocycles. The van der Waals surface area contributed by atoms with Crippen LogP contribution in [0.4, 0.5) is 5.69 Å². The zero-order valence-electron chi connectivity index (χ0n) is 8.33. The first-order valence-electron chi connectivity index (χ1n) is 4.67. The van der Waals surface area contributed by atoms with Crippen LogP contribution in [0.3, 0.4) is 0 Å². The summed E-state index contributed by atoms with van der Waals surface area (Å²) in [7, 11) is 3.57. The molecule has 14 heavy (non-hydrogen) atoms. The summed E-state index contributed by atoms with van der Waals surface area (Å²) in [6.07, 6.45) is 4.24. The Balaban J connectivity index is 1.90. The van der Waals surface area contributed by atoms with E-state index in [1.807, 2.05) is 7.05 Å². The molecule has 0 amide bonds. The minimum Gasteiger partial charge on any atom is -0.381 e. The van der Waals surface area contributed by atoms with Gasteiger partial charge in [-0.3, -0.25) is 4.68 Å². The van der Waals surface area contributed by atoms with Crippen LogP contribution >= 0.6 is 11.6 Å². The molecule has 0 bridgehead atoms. The molecule has 0 radical (unpaired) electrons. The average molecular weight is 216 g/mol. The lowest BCUT2D eigenvalue weighted by Crippen LogP contribution is -2.40. The number of ether oxygens (including phenoxy) is 1. The van der Waals surface area contributed by atoms with E-state index < -0.39 is 0 Å². The Hall–Kier alpha value is -0.740. The van der Waals surface area contributed by atoms with Crippen molar-refractivity contribution in [3.63, 3.8) is 0 Å². The first kappa shape index (κ1) is 9.80. The van der Waals surface area contributed by atoms with Crippen LogP contribution in [0.1, 0.15) is 12.8 Å². The molecule has 1 aromatic rings. The second-order valence-electron chi connectivity index (χ2n) is 3.64. The molecule has 0 saturated heterocycles. The molecule has 1 N–H and O–H groups in total. The normalized spacial score (nSPS) is 25.9. The van der Waals surface area contributed by atoms with Crippen LogP contribution < -0.4 is 5.32 Å². The number of aromatic nitrogens is 2. The molecule has 1 aliphatic rings. The summed E-state index contributed by atoms with van der Waals surface area (Å²) in [5.41, 5.74) is 0.911. The van der Waals surface area contributed by atoms with Gasteiger partial charge in [0.1, 0.15) is 5.15 Å². The van der Waals surface area contributed by atoms with E-state index in [1.54, 1.807) is 18.0 Å². The third-order valence-electron chi connectivity index (χ3n) is 2.65. The van der Waals surface area contributed by atoms with Crippen LogP contribution in [0.15, 0.2) is 6.20 Å². The van der Waals surface area contributed by atoms with Gasteiger partial charge in [-0.25, -0.2) is 0 Å². The molecule has 2 rings (SSSR count). The summed E-state index contributed by atoms with van der Waals surface area (Å²) in [5.74, 6) is 0. The first-order valence-corrected chi connectivity index (χ1v) is 5.05. The van der Waals surface area contributed by atoms with Crippen molar-refractivity contribution in [1.29, 1.82) is 0 Å². The number of anilines is 1. The van der Waals surface area contributed by atoms with E-state index in [0.717, 1.165) is 18.5 Å². The van der Waals surface area contributed by atoms with Gasteiger partial charge < -0.3 is 10.1 Å². The van der Waals surface area contributed by atoms with Crippen LogP contribution in [0.2, 0.25) is 5.15 Å². The van der Waals surface area contributed by atoms with Crippen molar-refractivity contribution in [2.45, 2.75) is 25.0 Å². The Morgan fingerprint density at radius 1 is 1.64 bits per heavy atom. The van der Waals surface area contributed by atoms with Gasteiger partial charge in [-0.15, -0.1) is 0 Å². The van der Waals surface area contributed by atoms with E-state index in [-0.39, 0.29) is 0 Å². The van der Waals surface area contributed by atoms with E-state index in [4.69, 9.17) is 16.3 Å². The Labute approximate surface area is 88.2 Å². The molecule has 1 aliphatic carbocycles. The second kappa shape index (κ2) is 3.79. The Bertz CT molecular complexity index is 320. The third kappa shape index (κ3) is 1.72. The van der Waals surface area contributed by atoms with E-state index >= 15 is 0 Å². The largest absolute Gasteiger partial charge is 0.381 e. The second-order valence-corrected chi connectivity index (χ2v) is 4.00. The van der Waals surface area contributed by atoms with E-state index in [1.165, 1.54) is 0 Å². The van der Waals surface area contributed by atoms with Gasteiger partial charge in [0, 0.05) is 20.2 Å². The summed E-state index contributed by atoms with van der Waals surface area (Å²) >= 11 is 6.01. The quantitative estimate of drug-likeness (QED) is 0.834. The first-order chi connectivity index (χ1) is 6.70. The number of nitrogens with one attached hydrogen (secondary N) is 1. The number of hydrogen-bond acceptors (Lipinski definition) is 3. The molecule has 0 aliphatic heterocycles. The molecule has 5 heteroatoms.